The van der Waals surface area contributed by atoms with Crippen molar-refractivity contribution in [3.05, 3.63) is 68.5 Å². The zero-order chi connectivity index (χ0) is 29.2. The molecule has 13 heteroatoms. The highest BCUT2D eigenvalue weighted by Gasteiger charge is 2.31. The van der Waals surface area contributed by atoms with Crippen LogP contribution in [0.25, 0.3) is 0 Å². The number of halogens is 3. The lowest BCUT2D eigenvalue weighted by Gasteiger charge is -2.20. The molecule has 2 heterocycles. The molecule has 2 aromatic heterocycles. The maximum absolute atomic E-state index is 12.5. The number of hydrogen-bond donors (Lipinski definition) is 2. The molecule has 0 aliphatic heterocycles. The Hall–Kier alpha value is -3.74. The maximum Gasteiger partial charge on any atom is 0.573 e. The van der Waals surface area contributed by atoms with Gasteiger partial charge in [-0.05, 0) is 55.4 Å². The van der Waals surface area contributed by atoms with E-state index in [1.807, 2.05) is 0 Å². The summed E-state index contributed by atoms with van der Waals surface area (Å²) in [5, 5.41) is 14.2. The maximum atomic E-state index is 12.5. The molecule has 4 rings (SSSR count). The first-order valence-electron chi connectivity index (χ1n) is 13.6. The minimum absolute atomic E-state index is 0.000540. The van der Waals surface area contributed by atoms with E-state index in [1.165, 1.54) is 43.5 Å². The number of rotatable bonds is 12. The summed E-state index contributed by atoms with van der Waals surface area (Å²) in [5.41, 5.74) is 0.759. The van der Waals surface area contributed by atoms with Gasteiger partial charge in [-0.3, -0.25) is 14.4 Å². The molecule has 1 fully saturated rings. The number of aromatic nitrogens is 3. The summed E-state index contributed by atoms with van der Waals surface area (Å²) in [5.74, 6) is -0.467. The molecule has 0 unspecified atom stereocenters. The molecular formula is C28H32F3N5O4S. The third kappa shape index (κ3) is 9.99. The average Bonchev–Trinajstić information content (AvgIpc) is 3.40. The quantitative estimate of drug-likeness (QED) is 0.270. The molecule has 0 saturated heterocycles. The Morgan fingerprint density at radius 1 is 1.07 bits per heavy atom. The van der Waals surface area contributed by atoms with Gasteiger partial charge in [-0.25, -0.2) is 0 Å². The number of aryl methyl sites for hydroxylation is 2. The molecule has 2 amide bonds. The van der Waals surface area contributed by atoms with Gasteiger partial charge in [-0.15, -0.1) is 23.4 Å². The monoisotopic (exact) mass is 591 g/mol. The summed E-state index contributed by atoms with van der Waals surface area (Å²) in [6.45, 7) is 0.499. The van der Waals surface area contributed by atoms with Crippen molar-refractivity contribution in [2.45, 2.75) is 77.2 Å². The first-order valence-corrected chi connectivity index (χ1v) is 14.4. The molecule has 0 atom stereocenters. The van der Waals surface area contributed by atoms with Crippen LogP contribution < -0.4 is 20.9 Å². The molecule has 0 radical (unpaired) electrons. The molecule has 1 aromatic carbocycles. The SMILES string of the molecule is O=C(CC1CCCCC1)Nc1ccn(CCCCc2nnc(C(=O)NCc3cccc(OC(F)(F)F)c3)s2)c(=O)c1. The second-order valence-corrected chi connectivity index (χ2v) is 11.1. The van der Waals surface area contributed by atoms with Crippen molar-refractivity contribution in [2.75, 3.05) is 5.32 Å². The second kappa shape index (κ2) is 14.2. The largest absolute Gasteiger partial charge is 0.573 e. The zero-order valence-corrected chi connectivity index (χ0v) is 23.2. The van der Waals surface area contributed by atoms with E-state index in [2.05, 4.69) is 25.6 Å². The summed E-state index contributed by atoms with van der Waals surface area (Å²) in [4.78, 5) is 37.2. The summed E-state index contributed by atoms with van der Waals surface area (Å²) >= 11 is 1.14. The Morgan fingerprint density at radius 2 is 1.88 bits per heavy atom. The highest BCUT2D eigenvalue weighted by Crippen LogP contribution is 2.26. The van der Waals surface area contributed by atoms with Crippen molar-refractivity contribution in [1.29, 1.82) is 0 Å². The number of alkyl halides is 3. The van der Waals surface area contributed by atoms with E-state index in [1.54, 1.807) is 22.9 Å². The van der Waals surface area contributed by atoms with E-state index in [9.17, 15) is 27.6 Å². The lowest BCUT2D eigenvalue weighted by Crippen LogP contribution is -2.23. The Kier molecular flexibility index (Phi) is 10.5. The number of carbonyl (C=O) groups is 2. The molecule has 2 N–H and O–H groups in total. The number of nitrogens with zero attached hydrogens (tertiary/aromatic N) is 3. The van der Waals surface area contributed by atoms with E-state index in [4.69, 9.17) is 0 Å². The van der Waals surface area contributed by atoms with E-state index in [-0.39, 0.29) is 28.8 Å². The topological polar surface area (TPSA) is 115 Å². The van der Waals surface area contributed by atoms with Crippen LogP contribution >= 0.6 is 11.3 Å². The number of benzene rings is 1. The number of nitrogens with one attached hydrogen (secondary N) is 2. The van der Waals surface area contributed by atoms with Gasteiger partial charge in [0.15, 0.2) is 0 Å². The minimum atomic E-state index is -4.79. The molecule has 1 aliphatic rings. The van der Waals surface area contributed by atoms with Crippen LogP contribution in [-0.4, -0.2) is 32.9 Å². The normalized spacial score (nSPS) is 14.0. The first kappa shape index (κ1) is 30.2. The van der Waals surface area contributed by atoms with Crippen LogP contribution in [0.2, 0.25) is 0 Å². The number of amides is 2. The Balaban J connectivity index is 1.17. The average molecular weight is 592 g/mol. The molecule has 0 spiro atoms. The van der Waals surface area contributed by atoms with Crippen LogP contribution in [-0.2, 0) is 24.3 Å². The van der Waals surface area contributed by atoms with Gasteiger partial charge in [0.25, 0.3) is 11.5 Å². The van der Waals surface area contributed by atoms with Gasteiger partial charge in [0.1, 0.15) is 10.8 Å². The third-order valence-corrected chi connectivity index (χ3v) is 7.75. The van der Waals surface area contributed by atoms with Gasteiger partial charge < -0.3 is 19.9 Å². The molecule has 41 heavy (non-hydrogen) atoms. The zero-order valence-electron chi connectivity index (χ0n) is 22.4. The first-order chi connectivity index (χ1) is 19.6. The van der Waals surface area contributed by atoms with Gasteiger partial charge in [0.05, 0.1) is 0 Å². The lowest BCUT2D eigenvalue weighted by molar-refractivity contribution is -0.274. The van der Waals surface area contributed by atoms with Gasteiger partial charge in [0.2, 0.25) is 10.9 Å². The van der Waals surface area contributed by atoms with Gasteiger partial charge in [-0.2, -0.15) is 0 Å². The predicted molar refractivity (Wildman–Crippen MR) is 148 cm³/mol. The van der Waals surface area contributed by atoms with E-state index in [0.717, 1.165) is 24.2 Å². The van der Waals surface area contributed by atoms with E-state index < -0.39 is 12.3 Å². The fraction of sp³-hybridized carbons (Fsp3) is 0.464. The molecule has 220 valence electrons. The van der Waals surface area contributed by atoms with Crippen LogP contribution in [0.4, 0.5) is 18.9 Å². The fourth-order valence-corrected chi connectivity index (χ4v) is 5.55. The Bertz CT molecular complexity index is 1390. The van der Waals surface area contributed by atoms with Crippen LogP contribution in [0, 0.1) is 5.92 Å². The van der Waals surface area contributed by atoms with Crippen molar-refractivity contribution < 1.29 is 27.5 Å². The molecule has 0 bridgehead atoms. The number of hydrogen-bond acceptors (Lipinski definition) is 7. The van der Waals surface area contributed by atoms with Crippen LogP contribution in [0.3, 0.4) is 0 Å². The standard InChI is InChI=1S/C28H32F3N5O4S/c29-28(30,31)40-22-10-6-9-20(15-22)18-32-26(39)27-35-34-24(41-27)11-4-5-13-36-14-12-21(17-25(36)38)33-23(37)16-19-7-2-1-3-8-19/h6,9-10,12,14-15,17,19H,1-5,7-8,11,13,16,18H2,(H,32,39)(H,33,37). The summed E-state index contributed by atoms with van der Waals surface area (Å²) < 4.78 is 42.7. The van der Waals surface area contributed by atoms with Gasteiger partial charge in [0, 0.05) is 43.9 Å². The predicted octanol–water partition coefficient (Wildman–Crippen LogP) is 5.46. The van der Waals surface area contributed by atoms with Gasteiger partial charge >= 0.3 is 6.36 Å². The molecular weight excluding hydrogens is 559 g/mol. The van der Waals surface area contributed by atoms with Crippen LogP contribution in [0.1, 0.15) is 71.7 Å². The fourth-order valence-electron chi connectivity index (χ4n) is 4.75. The van der Waals surface area contributed by atoms with E-state index in [0.29, 0.717) is 54.4 Å². The van der Waals surface area contributed by atoms with Crippen molar-refractivity contribution >= 4 is 28.8 Å². The number of carbonyl (C=O) groups excluding carboxylic acids is 2. The van der Waals surface area contributed by atoms with Crippen molar-refractivity contribution in [3.63, 3.8) is 0 Å². The van der Waals surface area contributed by atoms with Crippen molar-refractivity contribution in [3.8, 4) is 5.75 Å². The summed E-state index contributed by atoms with van der Waals surface area (Å²) in [6.07, 6.45) is 5.13. The Labute approximate surface area is 239 Å². The van der Waals surface area contributed by atoms with Crippen LogP contribution in [0.15, 0.2) is 47.4 Å². The number of anilines is 1. The molecule has 1 saturated carbocycles. The van der Waals surface area contributed by atoms with Gasteiger partial charge in [-0.1, -0.05) is 42.7 Å². The lowest BCUT2D eigenvalue weighted by atomic mass is 9.87. The minimum Gasteiger partial charge on any atom is -0.406 e. The van der Waals surface area contributed by atoms with E-state index >= 15 is 0 Å². The van der Waals surface area contributed by atoms with Crippen molar-refractivity contribution in [1.82, 2.24) is 20.1 Å². The second-order valence-electron chi connectivity index (χ2n) is 10.0. The smallest absolute Gasteiger partial charge is 0.406 e. The number of pyridine rings is 1. The van der Waals surface area contributed by atoms with Crippen LogP contribution in [0.5, 0.6) is 5.75 Å². The summed E-state index contributed by atoms with van der Waals surface area (Å²) in [7, 11) is 0. The molecule has 3 aromatic rings. The number of ether oxygens (including phenoxy) is 1. The molecule has 1 aliphatic carbocycles. The third-order valence-electron chi connectivity index (χ3n) is 6.76. The van der Waals surface area contributed by atoms with Crippen molar-refractivity contribution in [2.24, 2.45) is 5.92 Å². The number of unbranched alkanes of at least 4 members (excludes halogenated alkanes) is 1. The molecule has 9 nitrogen and oxygen atoms in total. The highest BCUT2D eigenvalue weighted by molar-refractivity contribution is 7.13. The highest BCUT2D eigenvalue weighted by atomic mass is 32.1. The Morgan fingerprint density at radius 3 is 2.63 bits per heavy atom. The summed E-state index contributed by atoms with van der Waals surface area (Å²) in [6, 6.07) is 8.53.